The molecule has 1 aromatic carbocycles. The summed E-state index contributed by atoms with van der Waals surface area (Å²) in [5.74, 6) is 0.387. The molecule has 2 atom stereocenters. The summed E-state index contributed by atoms with van der Waals surface area (Å²) in [5.41, 5.74) is 2.56. The zero-order valence-corrected chi connectivity index (χ0v) is 12.4. The predicted octanol–water partition coefficient (Wildman–Crippen LogP) is 4.19. The first-order valence-electron chi connectivity index (χ1n) is 6.88. The zero-order valence-electron chi connectivity index (χ0n) is 11.6. The summed E-state index contributed by atoms with van der Waals surface area (Å²) >= 11 is 1.75. The molecule has 3 rings (SSSR count). The van der Waals surface area contributed by atoms with Crippen molar-refractivity contribution in [1.29, 1.82) is 0 Å². The van der Waals surface area contributed by atoms with Gasteiger partial charge in [-0.2, -0.15) is 0 Å². The van der Waals surface area contributed by atoms with Crippen molar-refractivity contribution in [2.24, 2.45) is 5.92 Å². The number of benzene rings is 1. The van der Waals surface area contributed by atoms with Crippen LogP contribution in [0.5, 0.6) is 0 Å². The van der Waals surface area contributed by atoms with Gasteiger partial charge in [0.25, 0.3) is 0 Å². The van der Waals surface area contributed by atoms with Crippen LogP contribution < -0.4 is 0 Å². The normalized spacial score (nSPS) is 21.5. The maximum atomic E-state index is 10.9. The predicted molar refractivity (Wildman–Crippen MR) is 80.4 cm³/mol. The lowest BCUT2D eigenvalue weighted by Crippen LogP contribution is -2.12. The van der Waals surface area contributed by atoms with Crippen LogP contribution in [0.1, 0.15) is 47.1 Å². The van der Waals surface area contributed by atoms with Crippen molar-refractivity contribution in [3.8, 4) is 10.6 Å². The van der Waals surface area contributed by atoms with Crippen LogP contribution in [0.4, 0.5) is 0 Å². The Kier molecular flexibility index (Phi) is 3.34. The van der Waals surface area contributed by atoms with E-state index in [4.69, 9.17) is 10.1 Å². The monoisotopic (exact) mass is 287 g/mol. The largest absolute Gasteiger partial charge is 0.478 e. The lowest BCUT2D eigenvalue weighted by Gasteiger charge is -2.22. The zero-order chi connectivity index (χ0) is 14.3. The molecular weight excluding hydrogens is 270 g/mol. The van der Waals surface area contributed by atoms with Crippen molar-refractivity contribution in [3.63, 3.8) is 0 Å². The molecule has 0 saturated carbocycles. The summed E-state index contributed by atoms with van der Waals surface area (Å²) in [4.78, 5) is 17.0. The van der Waals surface area contributed by atoms with E-state index in [1.54, 1.807) is 23.5 Å². The molecule has 0 amide bonds. The van der Waals surface area contributed by atoms with Gasteiger partial charge in [0.2, 0.25) is 0 Å². The molecule has 1 aliphatic carbocycles. The summed E-state index contributed by atoms with van der Waals surface area (Å²) in [6.07, 6.45) is 2.29. The number of carboxylic acid groups (broad SMARTS) is 1. The van der Waals surface area contributed by atoms with Crippen LogP contribution >= 0.6 is 11.3 Å². The average Bonchev–Trinajstić information content (AvgIpc) is 2.83. The van der Waals surface area contributed by atoms with Crippen molar-refractivity contribution in [1.82, 2.24) is 4.98 Å². The fourth-order valence-corrected chi connectivity index (χ4v) is 4.06. The Hall–Kier alpha value is -1.68. The van der Waals surface area contributed by atoms with Crippen molar-refractivity contribution in [2.45, 2.75) is 32.6 Å². The quantitative estimate of drug-likeness (QED) is 0.900. The third-order valence-corrected chi connectivity index (χ3v) is 5.23. The fraction of sp³-hybridized carbons (Fsp3) is 0.375. The number of nitrogens with zero attached hydrogens (tertiary/aromatic N) is 1. The smallest absolute Gasteiger partial charge is 0.335 e. The second-order valence-corrected chi connectivity index (χ2v) is 6.69. The molecule has 4 heteroatoms. The van der Waals surface area contributed by atoms with E-state index in [0.717, 1.165) is 17.0 Å². The third kappa shape index (κ3) is 2.36. The fourth-order valence-electron chi connectivity index (χ4n) is 2.90. The second-order valence-electron chi connectivity index (χ2n) is 5.66. The van der Waals surface area contributed by atoms with Gasteiger partial charge in [0.05, 0.1) is 11.3 Å². The number of carbonyl (C=O) groups is 1. The van der Waals surface area contributed by atoms with Gasteiger partial charge in [0.15, 0.2) is 0 Å². The van der Waals surface area contributed by atoms with Gasteiger partial charge in [-0.25, -0.2) is 9.78 Å². The summed E-state index contributed by atoms with van der Waals surface area (Å²) in [6, 6.07) is 6.98. The van der Waals surface area contributed by atoms with Crippen molar-refractivity contribution in [3.05, 3.63) is 40.4 Å². The Morgan fingerprint density at radius 2 is 2.00 bits per heavy atom. The molecule has 1 aromatic heterocycles. The van der Waals surface area contributed by atoms with E-state index in [1.165, 1.54) is 17.0 Å². The Labute approximate surface area is 122 Å². The van der Waals surface area contributed by atoms with E-state index in [9.17, 15) is 4.79 Å². The Balaban J connectivity index is 1.95. The van der Waals surface area contributed by atoms with Crippen LogP contribution in [0.15, 0.2) is 24.3 Å². The van der Waals surface area contributed by atoms with E-state index in [2.05, 4.69) is 13.8 Å². The van der Waals surface area contributed by atoms with Gasteiger partial charge < -0.3 is 5.11 Å². The highest BCUT2D eigenvalue weighted by molar-refractivity contribution is 7.15. The number of rotatable bonds is 2. The average molecular weight is 287 g/mol. The highest BCUT2D eigenvalue weighted by atomic mass is 32.1. The number of carboxylic acids is 1. The molecule has 0 fully saturated rings. The van der Waals surface area contributed by atoms with Crippen molar-refractivity contribution < 1.29 is 9.90 Å². The van der Waals surface area contributed by atoms with Crippen LogP contribution in [0.25, 0.3) is 10.6 Å². The molecule has 20 heavy (non-hydrogen) atoms. The molecule has 1 heterocycles. The van der Waals surface area contributed by atoms with Crippen LogP contribution in [0, 0.1) is 5.92 Å². The topological polar surface area (TPSA) is 50.2 Å². The number of thiazole rings is 1. The SMILES string of the molecule is CC1Cc2nc(-c3ccc(C(=O)O)cc3)sc2C(C)C1. The van der Waals surface area contributed by atoms with Gasteiger partial charge in [0.1, 0.15) is 5.01 Å². The summed E-state index contributed by atoms with van der Waals surface area (Å²) in [6.45, 7) is 4.55. The van der Waals surface area contributed by atoms with Crippen LogP contribution in [0.3, 0.4) is 0 Å². The first-order valence-corrected chi connectivity index (χ1v) is 7.69. The molecule has 1 aliphatic rings. The molecule has 0 bridgehead atoms. The lowest BCUT2D eigenvalue weighted by atomic mass is 9.86. The number of aromatic nitrogens is 1. The van der Waals surface area contributed by atoms with E-state index < -0.39 is 5.97 Å². The molecule has 3 nitrogen and oxygen atoms in total. The van der Waals surface area contributed by atoms with Gasteiger partial charge in [-0.05, 0) is 36.8 Å². The molecular formula is C16H17NO2S. The first kappa shape index (κ1) is 13.3. The first-order chi connectivity index (χ1) is 9.54. The van der Waals surface area contributed by atoms with Gasteiger partial charge in [-0.3, -0.25) is 0 Å². The highest BCUT2D eigenvalue weighted by Gasteiger charge is 2.25. The van der Waals surface area contributed by atoms with E-state index in [-0.39, 0.29) is 0 Å². The van der Waals surface area contributed by atoms with E-state index >= 15 is 0 Å². The summed E-state index contributed by atoms with van der Waals surface area (Å²) < 4.78 is 0. The molecule has 0 radical (unpaired) electrons. The summed E-state index contributed by atoms with van der Waals surface area (Å²) in [7, 11) is 0. The minimum absolute atomic E-state index is 0.317. The van der Waals surface area contributed by atoms with Gasteiger partial charge in [-0.15, -0.1) is 11.3 Å². The third-order valence-electron chi connectivity index (χ3n) is 3.85. The standard InChI is InChI=1S/C16H17NO2S/c1-9-7-10(2)14-13(8-9)17-15(20-14)11-3-5-12(6-4-11)16(18)19/h3-6,9-10H,7-8H2,1-2H3,(H,18,19). The number of fused-ring (bicyclic) bond motifs is 1. The van der Waals surface area contributed by atoms with E-state index in [0.29, 0.717) is 17.4 Å². The molecule has 0 spiro atoms. The lowest BCUT2D eigenvalue weighted by molar-refractivity contribution is 0.0697. The van der Waals surface area contributed by atoms with E-state index in [1.807, 2.05) is 12.1 Å². The molecule has 0 aliphatic heterocycles. The minimum atomic E-state index is -0.891. The Morgan fingerprint density at radius 3 is 2.65 bits per heavy atom. The van der Waals surface area contributed by atoms with Crippen molar-refractivity contribution in [2.75, 3.05) is 0 Å². The second kappa shape index (κ2) is 5.02. The van der Waals surface area contributed by atoms with Crippen LogP contribution in [-0.4, -0.2) is 16.1 Å². The summed E-state index contributed by atoms with van der Waals surface area (Å²) in [5, 5.41) is 9.94. The molecule has 0 saturated heterocycles. The number of aromatic carboxylic acids is 1. The van der Waals surface area contributed by atoms with Gasteiger partial charge in [-0.1, -0.05) is 26.0 Å². The molecule has 2 unspecified atom stereocenters. The van der Waals surface area contributed by atoms with Crippen LogP contribution in [-0.2, 0) is 6.42 Å². The molecule has 2 aromatic rings. The van der Waals surface area contributed by atoms with Gasteiger partial charge in [0, 0.05) is 10.4 Å². The highest BCUT2D eigenvalue weighted by Crippen LogP contribution is 2.40. The van der Waals surface area contributed by atoms with Crippen molar-refractivity contribution >= 4 is 17.3 Å². The Morgan fingerprint density at radius 1 is 1.30 bits per heavy atom. The van der Waals surface area contributed by atoms with Crippen LogP contribution in [0.2, 0.25) is 0 Å². The number of hydrogen-bond acceptors (Lipinski definition) is 3. The minimum Gasteiger partial charge on any atom is -0.478 e. The maximum Gasteiger partial charge on any atom is 0.335 e. The molecule has 104 valence electrons. The molecule has 1 N–H and O–H groups in total. The Bertz CT molecular complexity index is 645. The van der Waals surface area contributed by atoms with Gasteiger partial charge >= 0.3 is 5.97 Å². The number of hydrogen-bond donors (Lipinski definition) is 1. The maximum absolute atomic E-state index is 10.9.